The Bertz CT molecular complexity index is 1170. The van der Waals surface area contributed by atoms with Crippen molar-refractivity contribution in [1.29, 1.82) is 0 Å². The molecule has 1 amide bonds. The van der Waals surface area contributed by atoms with E-state index in [1.54, 1.807) is 4.57 Å². The van der Waals surface area contributed by atoms with Crippen molar-refractivity contribution in [3.63, 3.8) is 0 Å². The van der Waals surface area contributed by atoms with Gasteiger partial charge < -0.3 is 10.2 Å². The Kier molecular flexibility index (Phi) is 8.69. The van der Waals surface area contributed by atoms with Gasteiger partial charge in [-0.05, 0) is 76.2 Å². The molecule has 0 aliphatic rings. The summed E-state index contributed by atoms with van der Waals surface area (Å²) < 4.78 is 1.73. The first-order chi connectivity index (χ1) is 15.8. The van der Waals surface area contributed by atoms with Gasteiger partial charge in [-0.3, -0.25) is 14.2 Å². The Morgan fingerprint density at radius 1 is 1.15 bits per heavy atom. The molecule has 1 aromatic heterocycles. The van der Waals surface area contributed by atoms with Crippen LogP contribution in [0.25, 0.3) is 10.9 Å². The van der Waals surface area contributed by atoms with Crippen LogP contribution in [-0.4, -0.2) is 45.2 Å². The highest BCUT2D eigenvalue weighted by atomic mass is 32.2. The predicted molar refractivity (Wildman–Crippen MR) is 138 cm³/mol. The molecule has 0 radical (unpaired) electrons. The Labute approximate surface area is 200 Å². The Morgan fingerprint density at radius 3 is 2.61 bits per heavy atom. The Morgan fingerprint density at radius 2 is 1.88 bits per heavy atom. The van der Waals surface area contributed by atoms with Crippen LogP contribution in [0.5, 0.6) is 0 Å². The lowest BCUT2D eigenvalue weighted by molar-refractivity contribution is -0.115. The lowest BCUT2D eigenvalue weighted by Gasteiger charge is -2.20. The predicted octanol–water partition coefficient (Wildman–Crippen LogP) is 4.86. The van der Waals surface area contributed by atoms with Gasteiger partial charge in [0.2, 0.25) is 5.91 Å². The summed E-state index contributed by atoms with van der Waals surface area (Å²) in [6, 6.07) is 13.4. The van der Waals surface area contributed by atoms with Gasteiger partial charge in [-0.25, -0.2) is 4.98 Å². The van der Waals surface area contributed by atoms with Crippen LogP contribution in [0.2, 0.25) is 0 Å². The van der Waals surface area contributed by atoms with Crippen LogP contribution in [-0.2, 0) is 11.3 Å². The molecule has 2 aromatic carbocycles. The van der Waals surface area contributed by atoms with Gasteiger partial charge in [-0.15, -0.1) is 0 Å². The van der Waals surface area contributed by atoms with E-state index in [0.717, 1.165) is 42.9 Å². The maximum absolute atomic E-state index is 13.3. The molecule has 33 heavy (non-hydrogen) atoms. The first-order valence-corrected chi connectivity index (χ1v) is 12.5. The summed E-state index contributed by atoms with van der Waals surface area (Å²) in [4.78, 5) is 33.4. The summed E-state index contributed by atoms with van der Waals surface area (Å²) >= 11 is 1.33. The van der Waals surface area contributed by atoms with Crippen molar-refractivity contribution in [2.75, 3.05) is 25.0 Å². The van der Waals surface area contributed by atoms with Crippen molar-refractivity contribution < 1.29 is 4.79 Å². The molecule has 176 valence electrons. The molecule has 1 unspecified atom stereocenters. The fraction of sp³-hybridized carbons (Fsp3) is 0.423. The molecule has 0 fully saturated rings. The third-order valence-electron chi connectivity index (χ3n) is 5.88. The number of aromatic nitrogens is 2. The van der Waals surface area contributed by atoms with Gasteiger partial charge in [-0.2, -0.15) is 0 Å². The van der Waals surface area contributed by atoms with E-state index < -0.39 is 5.25 Å². The number of amides is 1. The van der Waals surface area contributed by atoms with Crippen LogP contribution in [0, 0.1) is 13.8 Å². The highest BCUT2D eigenvalue weighted by molar-refractivity contribution is 8.00. The van der Waals surface area contributed by atoms with Gasteiger partial charge in [0.1, 0.15) is 0 Å². The number of nitrogens with one attached hydrogen (secondary N) is 1. The zero-order chi connectivity index (χ0) is 24.0. The number of carbonyl (C=O) groups is 1. The number of nitrogens with zero attached hydrogens (tertiary/aromatic N) is 3. The molecule has 1 atom stereocenters. The minimum atomic E-state index is -0.410. The summed E-state index contributed by atoms with van der Waals surface area (Å²) in [5.74, 6) is -0.106. The fourth-order valence-corrected chi connectivity index (χ4v) is 4.68. The molecule has 0 bridgehead atoms. The Balaban J connectivity index is 1.84. The second-order valence-corrected chi connectivity index (χ2v) is 9.62. The summed E-state index contributed by atoms with van der Waals surface area (Å²) in [5.41, 5.74) is 3.53. The van der Waals surface area contributed by atoms with Crippen LogP contribution in [0.15, 0.2) is 52.4 Å². The van der Waals surface area contributed by atoms with E-state index in [9.17, 15) is 9.59 Å². The molecule has 6 nitrogen and oxygen atoms in total. The number of thioether (sulfide) groups is 1. The van der Waals surface area contributed by atoms with Gasteiger partial charge in [0, 0.05) is 12.2 Å². The quantitative estimate of drug-likeness (QED) is 0.341. The van der Waals surface area contributed by atoms with E-state index in [2.05, 4.69) is 24.1 Å². The number of rotatable bonds is 10. The first-order valence-electron chi connectivity index (χ1n) is 11.6. The van der Waals surface area contributed by atoms with E-state index in [-0.39, 0.29) is 11.5 Å². The van der Waals surface area contributed by atoms with Gasteiger partial charge in [0.05, 0.1) is 16.2 Å². The number of hydrogen-bond acceptors (Lipinski definition) is 5. The molecule has 3 rings (SSSR count). The molecule has 0 aliphatic heterocycles. The smallest absolute Gasteiger partial charge is 0.262 e. The lowest BCUT2D eigenvalue weighted by atomic mass is 10.1. The highest BCUT2D eigenvalue weighted by Crippen LogP contribution is 2.25. The van der Waals surface area contributed by atoms with Crippen LogP contribution in [0.1, 0.15) is 38.3 Å². The van der Waals surface area contributed by atoms with E-state index in [4.69, 9.17) is 4.98 Å². The van der Waals surface area contributed by atoms with Crippen LogP contribution < -0.4 is 10.9 Å². The lowest BCUT2D eigenvalue weighted by Crippen LogP contribution is -2.29. The number of carbonyl (C=O) groups excluding carboxylic acids is 1. The maximum Gasteiger partial charge on any atom is 0.262 e. The van der Waals surface area contributed by atoms with Gasteiger partial charge in [0.25, 0.3) is 5.56 Å². The van der Waals surface area contributed by atoms with Crippen molar-refractivity contribution >= 4 is 34.3 Å². The Hall–Kier alpha value is -2.64. The van der Waals surface area contributed by atoms with Crippen LogP contribution in [0.4, 0.5) is 5.69 Å². The highest BCUT2D eigenvalue weighted by Gasteiger charge is 2.20. The average molecular weight is 467 g/mol. The molecule has 0 saturated carbocycles. The summed E-state index contributed by atoms with van der Waals surface area (Å²) in [5, 5.41) is 3.82. The topological polar surface area (TPSA) is 67.2 Å². The molecular formula is C26H34N4O2S. The average Bonchev–Trinajstić information content (AvgIpc) is 2.80. The van der Waals surface area contributed by atoms with Crippen molar-refractivity contribution in [2.24, 2.45) is 0 Å². The molecule has 0 saturated heterocycles. The molecule has 1 N–H and O–H groups in total. The third kappa shape index (κ3) is 6.24. The normalized spacial score (nSPS) is 12.3. The first kappa shape index (κ1) is 25.0. The number of aryl methyl sites for hydroxylation is 2. The summed E-state index contributed by atoms with van der Waals surface area (Å²) in [7, 11) is 0. The number of benzene rings is 2. The minimum Gasteiger partial charge on any atom is -0.325 e. The molecule has 3 aromatic rings. The van der Waals surface area contributed by atoms with Crippen LogP contribution >= 0.6 is 11.8 Å². The number of anilines is 1. The summed E-state index contributed by atoms with van der Waals surface area (Å²) in [6.07, 6.45) is 0.845. The largest absolute Gasteiger partial charge is 0.325 e. The van der Waals surface area contributed by atoms with Crippen molar-refractivity contribution in [2.45, 2.75) is 58.0 Å². The molecule has 1 heterocycles. The molecule has 0 spiro atoms. The third-order valence-corrected chi connectivity index (χ3v) is 6.97. The number of para-hydroxylation sites is 1. The standard InChI is InChI=1S/C26H34N4O2S/c1-6-29(7-2)15-10-16-30-25(32)21-11-8-9-12-22(21)28-26(30)33-20(5)24(31)27-23-17-18(3)13-14-19(23)4/h8-9,11-14,17,20H,6-7,10,15-16H2,1-5H3,(H,27,31). The second-order valence-electron chi connectivity index (χ2n) is 8.32. The van der Waals surface area contributed by atoms with E-state index in [0.29, 0.717) is 22.6 Å². The van der Waals surface area contributed by atoms with E-state index >= 15 is 0 Å². The van der Waals surface area contributed by atoms with Gasteiger partial charge >= 0.3 is 0 Å². The van der Waals surface area contributed by atoms with Crippen molar-refractivity contribution in [1.82, 2.24) is 14.5 Å². The second kappa shape index (κ2) is 11.5. The molecule has 7 heteroatoms. The zero-order valence-corrected chi connectivity index (χ0v) is 21.0. The summed E-state index contributed by atoms with van der Waals surface area (Å²) in [6.45, 7) is 13.6. The van der Waals surface area contributed by atoms with E-state index in [1.807, 2.05) is 63.2 Å². The fourth-order valence-electron chi connectivity index (χ4n) is 3.74. The minimum absolute atomic E-state index is 0.0511. The van der Waals surface area contributed by atoms with Crippen molar-refractivity contribution in [3.05, 3.63) is 63.9 Å². The van der Waals surface area contributed by atoms with Gasteiger partial charge in [0.15, 0.2) is 5.16 Å². The van der Waals surface area contributed by atoms with Crippen molar-refractivity contribution in [3.8, 4) is 0 Å². The van der Waals surface area contributed by atoms with E-state index in [1.165, 1.54) is 11.8 Å². The zero-order valence-electron chi connectivity index (χ0n) is 20.2. The van der Waals surface area contributed by atoms with Gasteiger partial charge in [-0.1, -0.05) is 49.9 Å². The maximum atomic E-state index is 13.3. The number of fused-ring (bicyclic) bond motifs is 1. The molecule has 0 aliphatic carbocycles. The SMILES string of the molecule is CCN(CC)CCCn1c(SC(C)C(=O)Nc2cc(C)ccc2C)nc2ccccc2c1=O. The molecular weight excluding hydrogens is 432 g/mol. The number of hydrogen-bond donors (Lipinski definition) is 1. The monoisotopic (exact) mass is 466 g/mol. The van der Waals surface area contributed by atoms with Crippen LogP contribution in [0.3, 0.4) is 0 Å².